The number of anilines is 1. The molecule has 3 N–H and O–H groups in total. The quantitative estimate of drug-likeness (QED) is 0.318. The van der Waals surface area contributed by atoms with Crippen LogP contribution in [-0.4, -0.2) is 81.0 Å². The number of nitro benzene ring substituents is 1. The van der Waals surface area contributed by atoms with E-state index in [9.17, 15) is 14.9 Å². The summed E-state index contributed by atoms with van der Waals surface area (Å²) < 4.78 is 11.0. The van der Waals surface area contributed by atoms with Crippen LogP contribution in [0.2, 0.25) is 0 Å². The largest absolute Gasteiger partial charge is 0.383 e. The molecule has 0 radical (unpaired) electrons. The molecule has 160 valence electrons. The summed E-state index contributed by atoms with van der Waals surface area (Å²) >= 11 is 0. The van der Waals surface area contributed by atoms with Gasteiger partial charge in [0.2, 0.25) is 0 Å². The summed E-state index contributed by atoms with van der Waals surface area (Å²) in [5.74, 6) is 0.428. The number of rotatable bonds is 9. The van der Waals surface area contributed by atoms with Crippen molar-refractivity contribution in [3.8, 4) is 0 Å². The number of morpholine rings is 1. The van der Waals surface area contributed by atoms with E-state index < -0.39 is 4.92 Å². The number of carbonyl (C=O) groups is 1. The molecule has 2 saturated heterocycles. The molecule has 0 aromatic heterocycles. The van der Waals surface area contributed by atoms with Crippen LogP contribution in [0.3, 0.4) is 0 Å². The molecule has 2 aliphatic heterocycles. The predicted molar refractivity (Wildman–Crippen MR) is 108 cm³/mol. The van der Waals surface area contributed by atoms with Gasteiger partial charge in [0.05, 0.1) is 24.7 Å². The predicted octanol–water partition coefficient (Wildman–Crippen LogP) is 1.04. The highest BCUT2D eigenvalue weighted by Crippen LogP contribution is 2.21. The first-order chi connectivity index (χ1) is 14.1. The minimum atomic E-state index is -0.433. The van der Waals surface area contributed by atoms with E-state index in [-0.39, 0.29) is 17.8 Å². The van der Waals surface area contributed by atoms with Crippen LogP contribution < -0.4 is 16.0 Å². The molecule has 0 saturated carbocycles. The molecule has 10 nitrogen and oxygen atoms in total. The first-order valence-corrected chi connectivity index (χ1v) is 10.0. The van der Waals surface area contributed by atoms with E-state index >= 15 is 0 Å². The smallest absolute Gasteiger partial charge is 0.314 e. The van der Waals surface area contributed by atoms with Crippen LogP contribution in [0.1, 0.15) is 6.42 Å². The number of carbonyl (C=O) groups excluding carboxylic acids is 1. The Balaban J connectivity index is 1.37. The van der Waals surface area contributed by atoms with Gasteiger partial charge in [0.25, 0.3) is 5.69 Å². The fourth-order valence-corrected chi connectivity index (χ4v) is 3.70. The molecular formula is C19H29N5O5. The highest BCUT2D eigenvalue weighted by Gasteiger charge is 2.31. The Morgan fingerprint density at radius 2 is 1.90 bits per heavy atom. The van der Waals surface area contributed by atoms with Gasteiger partial charge in [-0.3, -0.25) is 15.0 Å². The zero-order valence-electron chi connectivity index (χ0n) is 16.5. The summed E-state index contributed by atoms with van der Waals surface area (Å²) in [7, 11) is 0. The van der Waals surface area contributed by atoms with E-state index in [2.05, 4.69) is 20.9 Å². The number of hydrogen-bond donors (Lipinski definition) is 3. The van der Waals surface area contributed by atoms with E-state index in [0.717, 1.165) is 51.6 Å². The van der Waals surface area contributed by atoms with E-state index in [1.165, 1.54) is 12.1 Å². The summed E-state index contributed by atoms with van der Waals surface area (Å²) in [5.41, 5.74) is 0.821. The summed E-state index contributed by atoms with van der Waals surface area (Å²) in [6, 6.07) is 6.24. The SMILES string of the molecule is O=C(NCCNc1ccc([N+](=O)[O-])cc1)NCC(C1CCOC1)N1CCOCC1. The maximum absolute atomic E-state index is 12.2. The normalized spacial score (nSPS) is 20.8. The number of ether oxygens (including phenoxy) is 2. The van der Waals surface area contributed by atoms with Crippen LogP contribution in [0.25, 0.3) is 0 Å². The lowest BCUT2D eigenvalue weighted by Crippen LogP contribution is -2.53. The van der Waals surface area contributed by atoms with E-state index in [4.69, 9.17) is 9.47 Å². The van der Waals surface area contributed by atoms with Crippen molar-refractivity contribution in [1.82, 2.24) is 15.5 Å². The highest BCUT2D eigenvalue weighted by atomic mass is 16.6. The van der Waals surface area contributed by atoms with Gasteiger partial charge in [0.1, 0.15) is 0 Å². The van der Waals surface area contributed by atoms with Crippen LogP contribution in [0.5, 0.6) is 0 Å². The number of amides is 2. The molecule has 2 unspecified atom stereocenters. The highest BCUT2D eigenvalue weighted by molar-refractivity contribution is 5.73. The van der Waals surface area contributed by atoms with Gasteiger partial charge >= 0.3 is 6.03 Å². The standard InChI is InChI=1S/C19H29N5O5/c25-19(21-7-6-20-16-1-3-17(4-2-16)24(26)27)22-13-18(15-5-10-29-14-15)23-8-11-28-12-9-23/h1-4,15,18,20H,5-14H2,(H2,21,22,25). The molecule has 1 aromatic carbocycles. The molecule has 2 heterocycles. The lowest BCUT2D eigenvalue weighted by Gasteiger charge is -2.37. The Bertz CT molecular complexity index is 659. The monoisotopic (exact) mass is 407 g/mol. The van der Waals surface area contributed by atoms with Crippen molar-refractivity contribution in [2.45, 2.75) is 12.5 Å². The zero-order valence-corrected chi connectivity index (χ0v) is 16.5. The molecule has 2 amide bonds. The molecule has 3 rings (SSSR count). The first-order valence-electron chi connectivity index (χ1n) is 10.0. The second-order valence-corrected chi connectivity index (χ2v) is 7.21. The van der Waals surface area contributed by atoms with Crippen LogP contribution in [-0.2, 0) is 9.47 Å². The van der Waals surface area contributed by atoms with Crippen molar-refractivity contribution >= 4 is 17.4 Å². The van der Waals surface area contributed by atoms with Crippen molar-refractivity contribution in [3.63, 3.8) is 0 Å². The van der Waals surface area contributed by atoms with Gasteiger partial charge in [-0.25, -0.2) is 4.79 Å². The number of nitrogens with one attached hydrogen (secondary N) is 3. The molecule has 1 aromatic rings. The van der Waals surface area contributed by atoms with E-state index in [1.54, 1.807) is 12.1 Å². The minimum absolute atomic E-state index is 0.0514. The van der Waals surface area contributed by atoms with Crippen molar-refractivity contribution < 1.29 is 19.2 Å². The second kappa shape index (κ2) is 10.9. The number of hydrogen-bond acceptors (Lipinski definition) is 7. The van der Waals surface area contributed by atoms with Gasteiger partial charge in [-0.1, -0.05) is 0 Å². The van der Waals surface area contributed by atoms with Crippen molar-refractivity contribution in [2.75, 3.05) is 64.5 Å². The van der Waals surface area contributed by atoms with Crippen LogP contribution in [0.4, 0.5) is 16.2 Å². The average Bonchev–Trinajstić information content (AvgIpc) is 3.27. The third-order valence-electron chi connectivity index (χ3n) is 5.31. The molecule has 29 heavy (non-hydrogen) atoms. The summed E-state index contributed by atoms with van der Waals surface area (Å²) in [6.45, 7) is 6.28. The Hall–Kier alpha value is -2.43. The van der Waals surface area contributed by atoms with Gasteiger partial charge in [-0.2, -0.15) is 0 Å². The maximum atomic E-state index is 12.2. The summed E-state index contributed by atoms with van der Waals surface area (Å²) in [6.07, 6.45) is 1.02. The van der Waals surface area contributed by atoms with Crippen LogP contribution in [0.15, 0.2) is 24.3 Å². The molecular weight excluding hydrogens is 378 g/mol. The van der Waals surface area contributed by atoms with E-state index in [0.29, 0.717) is 25.6 Å². The average molecular weight is 407 g/mol. The molecule has 2 fully saturated rings. The molecule has 0 spiro atoms. The third kappa shape index (κ3) is 6.55. The number of non-ortho nitro benzene ring substituents is 1. The lowest BCUT2D eigenvalue weighted by atomic mass is 9.97. The fraction of sp³-hybridized carbons (Fsp3) is 0.632. The number of nitrogens with zero attached hydrogens (tertiary/aromatic N) is 2. The Morgan fingerprint density at radius 1 is 1.14 bits per heavy atom. The minimum Gasteiger partial charge on any atom is -0.383 e. The summed E-state index contributed by atoms with van der Waals surface area (Å²) in [5, 5.41) is 19.6. The molecule has 0 aliphatic carbocycles. The molecule has 2 aliphatic rings. The van der Waals surface area contributed by atoms with Gasteiger partial charge in [0, 0.05) is 69.1 Å². The molecule has 0 bridgehead atoms. The fourth-order valence-electron chi connectivity index (χ4n) is 3.70. The topological polar surface area (TPSA) is 118 Å². The van der Waals surface area contributed by atoms with Gasteiger partial charge < -0.3 is 25.4 Å². The Kier molecular flexibility index (Phi) is 8.03. The van der Waals surface area contributed by atoms with Crippen molar-refractivity contribution in [2.24, 2.45) is 5.92 Å². The maximum Gasteiger partial charge on any atom is 0.314 e. The van der Waals surface area contributed by atoms with Gasteiger partial charge in [-0.15, -0.1) is 0 Å². The van der Waals surface area contributed by atoms with Crippen molar-refractivity contribution in [3.05, 3.63) is 34.4 Å². The Labute approximate surface area is 170 Å². The van der Waals surface area contributed by atoms with Gasteiger partial charge in [-0.05, 0) is 18.6 Å². The van der Waals surface area contributed by atoms with Crippen LogP contribution in [0, 0.1) is 16.0 Å². The molecule has 10 heteroatoms. The van der Waals surface area contributed by atoms with Crippen LogP contribution >= 0.6 is 0 Å². The summed E-state index contributed by atoms with van der Waals surface area (Å²) in [4.78, 5) is 24.8. The number of urea groups is 1. The third-order valence-corrected chi connectivity index (χ3v) is 5.31. The first kappa shape index (κ1) is 21.3. The van der Waals surface area contributed by atoms with Crippen molar-refractivity contribution in [1.29, 1.82) is 0 Å². The zero-order chi connectivity index (χ0) is 20.5. The number of nitro groups is 1. The lowest BCUT2D eigenvalue weighted by molar-refractivity contribution is -0.384. The van der Waals surface area contributed by atoms with Gasteiger partial charge in [0.15, 0.2) is 0 Å². The van der Waals surface area contributed by atoms with E-state index in [1.807, 2.05) is 0 Å². The number of benzene rings is 1. The second-order valence-electron chi connectivity index (χ2n) is 7.21. The molecule has 2 atom stereocenters. The Morgan fingerprint density at radius 3 is 2.55 bits per heavy atom.